The van der Waals surface area contributed by atoms with E-state index in [9.17, 15) is 4.79 Å². The average molecular weight is 197 g/mol. The molecule has 0 aliphatic carbocycles. The van der Waals surface area contributed by atoms with Gasteiger partial charge < -0.3 is 14.8 Å². The number of aliphatic hydroxyl groups excluding tert-OH is 1. The Morgan fingerprint density at radius 2 is 2.29 bits per heavy atom. The number of furan rings is 1. The van der Waals surface area contributed by atoms with Gasteiger partial charge in [0.25, 0.3) is 5.91 Å². The number of aliphatic hydroxyl groups is 1. The number of carbonyl (C=O) groups excluding carboxylic acids is 1. The molecule has 4 nitrogen and oxygen atoms in total. The molecule has 1 aromatic rings. The summed E-state index contributed by atoms with van der Waals surface area (Å²) in [7, 11) is 0. The third-order valence-electron chi connectivity index (χ3n) is 1.84. The van der Waals surface area contributed by atoms with Crippen molar-refractivity contribution in [2.45, 2.75) is 26.9 Å². The lowest BCUT2D eigenvalue weighted by atomic mass is 10.2. The summed E-state index contributed by atoms with van der Waals surface area (Å²) in [6.45, 7) is 5.40. The summed E-state index contributed by atoms with van der Waals surface area (Å²) in [5, 5.41) is 11.6. The predicted molar refractivity (Wildman–Crippen MR) is 52.2 cm³/mol. The lowest BCUT2D eigenvalue weighted by Gasteiger charge is -2.05. The van der Waals surface area contributed by atoms with Crippen molar-refractivity contribution in [1.82, 2.24) is 5.32 Å². The fourth-order valence-corrected chi connectivity index (χ4v) is 1.19. The maximum absolute atomic E-state index is 11.5. The van der Waals surface area contributed by atoms with E-state index in [-0.39, 0.29) is 12.5 Å². The number of carbonyl (C=O) groups is 1. The van der Waals surface area contributed by atoms with Crippen molar-refractivity contribution < 1.29 is 14.3 Å². The molecule has 0 radical (unpaired) electrons. The first-order valence-corrected chi connectivity index (χ1v) is 4.54. The van der Waals surface area contributed by atoms with E-state index in [0.29, 0.717) is 17.1 Å². The normalized spacial score (nSPS) is 12.6. The zero-order chi connectivity index (χ0) is 10.7. The molecule has 0 bridgehead atoms. The Bertz CT molecular complexity index is 328. The van der Waals surface area contributed by atoms with Crippen molar-refractivity contribution in [1.29, 1.82) is 0 Å². The molecule has 1 atom stereocenters. The molecule has 0 fully saturated rings. The molecule has 4 heteroatoms. The number of hydrogen-bond donors (Lipinski definition) is 2. The first-order valence-electron chi connectivity index (χ1n) is 4.54. The van der Waals surface area contributed by atoms with Crippen molar-refractivity contribution in [2.24, 2.45) is 0 Å². The van der Waals surface area contributed by atoms with Gasteiger partial charge >= 0.3 is 0 Å². The Hall–Kier alpha value is -1.29. The molecule has 0 aliphatic heterocycles. The van der Waals surface area contributed by atoms with E-state index >= 15 is 0 Å². The van der Waals surface area contributed by atoms with Crippen LogP contribution in [0.15, 0.2) is 10.5 Å². The molecule has 1 amide bonds. The predicted octanol–water partition coefficient (Wildman–Crippen LogP) is 1.01. The maximum Gasteiger partial charge on any atom is 0.254 e. The molecule has 0 saturated heterocycles. The standard InChI is InChI=1S/C10H15NO3/c1-6(12)5-11-10(13)9-4-7(2)14-8(9)3/h4,6,12H,5H2,1-3H3,(H,11,13). The van der Waals surface area contributed by atoms with Gasteiger partial charge in [-0.15, -0.1) is 0 Å². The highest BCUT2D eigenvalue weighted by atomic mass is 16.3. The molecule has 14 heavy (non-hydrogen) atoms. The van der Waals surface area contributed by atoms with Gasteiger partial charge in [-0.05, 0) is 26.8 Å². The van der Waals surface area contributed by atoms with Crippen LogP contribution in [0.1, 0.15) is 28.8 Å². The fraction of sp³-hybridized carbons (Fsp3) is 0.500. The van der Waals surface area contributed by atoms with Crippen molar-refractivity contribution in [3.63, 3.8) is 0 Å². The van der Waals surface area contributed by atoms with Crippen molar-refractivity contribution in [3.05, 3.63) is 23.2 Å². The van der Waals surface area contributed by atoms with Crippen LogP contribution in [0.4, 0.5) is 0 Å². The minimum Gasteiger partial charge on any atom is -0.466 e. The quantitative estimate of drug-likeness (QED) is 0.760. The first kappa shape index (κ1) is 10.8. The van der Waals surface area contributed by atoms with E-state index in [1.54, 1.807) is 26.8 Å². The van der Waals surface area contributed by atoms with Gasteiger partial charge in [-0.3, -0.25) is 4.79 Å². The third-order valence-corrected chi connectivity index (χ3v) is 1.84. The van der Waals surface area contributed by atoms with Crippen LogP contribution in [-0.2, 0) is 0 Å². The molecular weight excluding hydrogens is 182 g/mol. The Morgan fingerprint density at radius 1 is 1.64 bits per heavy atom. The Morgan fingerprint density at radius 3 is 2.71 bits per heavy atom. The lowest BCUT2D eigenvalue weighted by molar-refractivity contribution is 0.0922. The van der Waals surface area contributed by atoms with E-state index in [2.05, 4.69) is 5.32 Å². The summed E-state index contributed by atoms with van der Waals surface area (Å²) < 4.78 is 5.22. The third kappa shape index (κ3) is 2.60. The molecule has 1 heterocycles. The highest BCUT2D eigenvalue weighted by molar-refractivity contribution is 5.95. The summed E-state index contributed by atoms with van der Waals surface area (Å²) in [5.74, 6) is 1.11. The second-order valence-corrected chi connectivity index (χ2v) is 3.39. The molecule has 0 spiro atoms. The second kappa shape index (κ2) is 4.28. The van der Waals surface area contributed by atoms with Crippen LogP contribution >= 0.6 is 0 Å². The molecule has 0 saturated carbocycles. The molecular formula is C10H15NO3. The Balaban J connectivity index is 2.65. The Labute approximate surface area is 82.9 Å². The molecule has 0 aliphatic rings. The van der Waals surface area contributed by atoms with Crippen molar-refractivity contribution in [3.8, 4) is 0 Å². The smallest absolute Gasteiger partial charge is 0.254 e. The highest BCUT2D eigenvalue weighted by Crippen LogP contribution is 2.13. The molecule has 1 rings (SSSR count). The minimum absolute atomic E-state index is 0.208. The van der Waals surface area contributed by atoms with Crippen molar-refractivity contribution in [2.75, 3.05) is 6.54 Å². The summed E-state index contributed by atoms with van der Waals surface area (Å²) in [4.78, 5) is 11.5. The van der Waals surface area contributed by atoms with Crippen LogP contribution in [0.3, 0.4) is 0 Å². The van der Waals surface area contributed by atoms with Gasteiger partial charge in [0.05, 0.1) is 11.7 Å². The van der Waals surface area contributed by atoms with E-state index in [4.69, 9.17) is 9.52 Å². The number of nitrogens with one attached hydrogen (secondary N) is 1. The van der Waals surface area contributed by atoms with Gasteiger partial charge in [0.2, 0.25) is 0 Å². The summed E-state index contributed by atoms with van der Waals surface area (Å²) in [5.41, 5.74) is 0.531. The summed E-state index contributed by atoms with van der Waals surface area (Å²) in [6.07, 6.45) is -0.535. The van der Waals surface area contributed by atoms with Crippen LogP contribution in [0.2, 0.25) is 0 Å². The van der Waals surface area contributed by atoms with E-state index < -0.39 is 6.10 Å². The lowest BCUT2D eigenvalue weighted by Crippen LogP contribution is -2.30. The number of rotatable bonds is 3. The molecule has 1 aromatic heterocycles. The molecule has 1 unspecified atom stereocenters. The number of aryl methyl sites for hydroxylation is 2. The average Bonchev–Trinajstić information content (AvgIpc) is 2.41. The van der Waals surface area contributed by atoms with Crippen LogP contribution in [0.5, 0.6) is 0 Å². The maximum atomic E-state index is 11.5. The van der Waals surface area contributed by atoms with Crippen LogP contribution in [0, 0.1) is 13.8 Å². The number of amides is 1. The Kier molecular flexibility index (Phi) is 3.30. The van der Waals surface area contributed by atoms with Crippen molar-refractivity contribution >= 4 is 5.91 Å². The van der Waals surface area contributed by atoms with E-state index in [1.807, 2.05) is 0 Å². The highest BCUT2D eigenvalue weighted by Gasteiger charge is 2.13. The molecule has 78 valence electrons. The van der Waals surface area contributed by atoms with Crippen LogP contribution < -0.4 is 5.32 Å². The summed E-state index contributed by atoms with van der Waals surface area (Å²) in [6, 6.07) is 1.69. The van der Waals surface area contributed by atoms with Gasteiger partial charge in [-0.25, -0.2) is 0 Å². The van der Waals surface area contributed by atoms with Gasteiger partial charge in [0, 0.05) is 6.54 Å². The van der Waals surface area contributed by atoms with Gasteiger partial charge in [-0.2, -0.15) is 0 Å². The SMILES string of the molecule is Cc1cc(C(=O)NCC(C)O)c(C)o1. The van der Waals surface area contributed by atoms with Gasteiger partial charge in [0.15, 0.2) is 0 Å². The summed E-state index contributed by atoms with van der Waals surface area (Å²) >= 11 is 0. The first-order chi connectivity index (χ1) is 6.50. The van der Waals surface area contributed by atoms with E-state index in [0.717, 1.165) is 0 Å². The second-order valence-electron chi connectivity index (χ2n) is 3.39. The minimum atomic E-state index is -0.535. The van der Waals surface area contributed by atoms with Crippen LogP contribution in [-0.4, -0.2) is 23.7 Å². The number of hydrogen-bond acceptors (Lipinski definition) is 3. The largest absolute Gasteiger partial charge is 0.466 e. The topological polar surface area (TPSA) is 62.5 Å². The zero-order valence-corrected chi connectivity index (χ0v) is 8.63. The van der Waals surface area contributed by atoms with E-state index in [1.165, 1.54) is 0 Å². The van der Waals surface area contributed by atoms with Gasteiger partial charge in [0.1, 0.15) is 11.5 Å². The molecule has 0 aromatic carbocycles. The van der Waals surface area contributed by atoms with Crippen LogP contribution in [0.25, 0.3) is 0 Å². The zero-order valence-electron chi connectivity index (χ0n) is 8.63. The fourth-order valence-electron chi connectivity index (χ4n) is 1.19. The van der Waals surface area contributed by atoms with Gasteiger partial charge in [-0.1, -0.05) is 0 Å². The monoisotopic (exact) mass is 197 g/mol. The molecule has 2 N–H and O–H groups in total.